The van der Waals surface area contributed by atoms with Gasteiger partial charge in [0.2, 0.25) is 0 Å². The molecule has 0 spiro atoms. The zero-order valence-corrected chi connectivity index (χ0v) is 14.1. The fraction of sp³-hybridized carbons (Fsp3) is 0. The number of aromatic carboxylic acids is 1. The molecule has 0 bridgehead atoms. The summed E-state index contributed by atoms with van der Waals surface area (Å²) in [7, 11) is 0. The molecule has 0 radical (unpaired) electrons. The fourth-order valence-electron chi connectivity index (χ4n) is 1.70. The van der Waals surface area contributed by atoms with Crippen molar-refractivity contribution in [2.45, 2.75) is 0 Å². The molecule has 0 atom stereocenters. The molecule has 2 aromatic carbocycles. The summed E-state index contributed by atoms with van der Waals surface area (Å²) in [6.45, 7) is 0. The van der Waals surface area contributed by atoms with E-state index in [9.17, 15) is 14.7 Å². The third kappa shape index (κ3) is 4.83. The van der Waals surface area contributed by atoms with Crippen LogP contribution in [0.3, 0.4) is 0 Å². The fourth-order valence-corrected chi connectivity index (χ4v) is 1.83. The Morgan fingerprint density at radius 2 is 1.62 bits per heavy atom. The van der Waals surface area contributed by atoms with Gasteiger partial charge in [0.1, 0.15) is 0 Å². The average molecular weight is 309 g/mol. The Morgan fingerprint density at radius 1 is 1.00 bits per heavy atom. The largest absolute Gasteiger partial charge is 1.00 e. The maximum Gasteiger partial charge on any atom is 1.00 e. The van der Waals surface area contributed by atoms with Gasteiger partial charge in [0.15, 0.2) is 5.78 Å². The van der Waals surface area contributed by atoms with Gasteiger partial charge in [-0.05, 0) is 35.9 Å². The second kappa shape index (κ2) is 8.15. The van der Waals surface area contributed by atoms with E-state index in [0.29, 0.717) is 16.1 Å². The van der Waals surface area contributed by atoms with E-state index in [2.05, 4.69) is 0 Å². The Morgan fingerprint density at radius 3 is 2.24 bits per heavy atom. The molecule has 100 valence electrons. The third-order valence-corrected chi connectivity index (χ3v) is 2.98. The van der Waals surface area contributed by atoms with Crippen LogP contribution in [0.2, 0.25) is 5.02 Å². The Labute approximate surface area is 149 Å². The van der Waals surface area contributed by atoms with Crippen LogP contribution in [-0.4, -0.2) is 11.8 Å². The zero-order chi connectivity index (χ0) is 14.5. The molecule has 3 nitrogen and oxygen atoms in total. The molecule has 0 saturated carbocycles. The van der Waals surface area contributed by atoms with Gasteiger partial charge in [0.05, 0.1) is 5.97 Å². The Bertz CT molecular complexity index is 678. The molecule has 2 rings (SSSR count). The molecule has 5 heteroatoms. The van der Waals surface area contributed by atoms with Gasteiger partial charge < -0.3 is 9.90 Å². The molecule has 0 aliphatic carbocycles. The number of carboxylic acid groups (broad SMARTS) is 1. The summed E-state index contributed by atoms with van der Waals surface area (Å²) in [6.07, 6.45) is 2.78. The summed E-state index contributed by atoms with van der Waals surface area (Å²) in [5, 5.41) is 11.5. The first-order valence-electron chi connectivity index (χ1n) is 5.86. The second-order valence-corrected chi connectivity index (χ2v) is 4.52. The van der Waals surface area contributed by atoms with Crippen molar-refractivity contribution in [3.63, 3.8) is 0 Å². The van der Waals surface area contributed by atoms with E-state index >= 15 is 0 Å². The van der Waals surface area contributed by atoms with E-state index < -0.39 is 5.97 Å². The molecule has 2 aromatic rings. The van der Waals surface area contributed by atoms with Gasteiger partial charge in [-0.3, -0.25) is 4.79 Å². The van der Waals surface area contributed by atoms with E-state index in [-0.39, 0.29) is 40.9 Å². The molecule has 0 fully saturated rings. The van der Waals surface area contributed by atoms with E-state index in [1.165, 1.54) is 18.2 Å². The molecular formula is C16H10ClNaO3. The van der Waals surface area contributed by atoms with Crippen LogP contribution in [0.1, 0.15) is 26.3 Å². The Balaban J connectivity index is 0.00000220. The van der Waals surface area contributed by atoms with Gasteiger partial charge in [0.25, 0.3) is 0 Å². The average Bonchev–Trinajstić information content (AvgIpc) is 2.45. The minimum atomic E-state index is -1.27. The first kappa shape index (κ1) is 17.7. The van der Waals surface area contributed by atoms with Gasteiger partial charge in [-0.1, -0.05) is 41.9 Å². The molecule has 0 aliphatic rings. The van der Waals surface area contributed by atoms with Crippen LogP contribution < -0.4 is 34.7 Å². The summed E-state index contributed by atoms with van der Waals surface area (Å²) in [4.78, 5) is 22.8. The summed E-state index contributed by atoms with van der Waals surface area (Å²) < 4.78 is 0. The number of benzene rings is 2. The van der Waals surface area contributed by atoms with Crippen LogP contribution in [0.25, 0.3) is 6.08 Å². The Hall–Kier alpha value is -1.39. The van der Waals surface area contributed by atoms with Crippen molar-refractivity contribution >= 4 is 29.4 Å². The van der Waals surface area contributed by atoms with E-state index in [4.69, 9.17) is 11.6 Å². The number of carbonyl (C=O) groups excluding carboxylic acids is 2. The van der Waals surface area contributed by atoms with Crippen molar-refractivity contribution in [3.05, 3.63) is 76.3 Å². The number of carbonyl (C=O) groups is 2. The predicted octanol–water partition coefficient (Wildman–Crippen LogP) is -0.396. The van der Waals surface area contributed by atoms with Gasteiger partial charge in [-0.25, -0.2) is 0 Å². The topological polar surface area (TPSA) is 57.2 Å². The van der Waals surface area contributed by atoms with Gasteiger partial charge in [0, 0.05) is 16.1 Å². The van der Waals surface area contributed by atoms with Crippen molar-refractivity contribution in [1.82, 2.24) is 0 Å². The molecule has 21 heavy (non-hydrogen) atoms. The van der Waals surface area contributed by atoms with E-state index in [0.717, 1.165) is 0 Å². The van der Waals surface area contributed by atoms with Crippen LogP contribution in [0.15, 0.2) is 54.6 Å². The summed E-state index contributed by atoms with van der Waals surface area (Å²) >= 11 is 5.74. The summed E-state index contributed by atoms with van der Waals surface area (Å²) in [6, 6.07) is 12.8. The maximum atomic E-state index is 11.9. The monoisotopic (exact) mass is 308 g/mol. The number of carboxylic acids is 1. The molecule has 0 amide bonds. The summed E-state index contributed by atoms with van der Waals surface area (Å²) in [5.41, 5.74) is 0.957. The van der Waals surface area contributed by atoms with Crippen molar-refractivity contribution in [1.29, 1.82) is 0 Å². The third-order valence-electron chi connectivity index (χ3n) is 2.72. The maximum absolute atomic E-state index is 11.9. The standard InChI is InChI=1S/C16H11ClO3.Na/c17-13-8-5-12(6-9-13)15(18)10-7-11-3-1-2-4-14(11)16(19)20;/h1-10H,(H,19,20);/q;+1/p-1/b10-7+;. The van der Waals surface area contributed by atoms with Gasteiger partial charge >= 0.3 is 29.6 Å². The molecule has 0 unspecified atom stereocenters. The minimum absolute atomic E-state index is 0. The van der Waals surface area contributed by atoms with Gasteiger partial charge in [-0.15, -0.1) is 0 Å². The zero-order valence-electron chi connectivity index (χ0n) is 11.4. The van der Waals surface area contributed by atoms with Crippen LogP contribution in [0.5, 0.6) is 0 Å². The molecule has 0 aromatic heterocycles. The van der Waals surface area contributed by atoms with Crippen molar-refractivity contribution in [2.75, 3.05) is 0 Å². The van der Waals surface area contributed by atoms with Crippen molar-refractivity contribution in [3.8, 4) is 0 Å². The molecule has 0 aliphatic heterocycles. The van der Waals surface area contributed by atoms with Gasteiger partial charge in [-0.2, -0.15) is 0 Å². The normalized spacial score (nSPS) is 10.1. The van der Waals surface area contributed by atoms with Crippen LogP contribution >= 0.6 is 11.6 Å². The summed E-state index contributed by atoms with van der Waals surface area (Å²) in [5.74, 6) is -1.50. The van der Waals surface area contributed by atoms with E-state index in [1.54, 1.807) is 42.5 Å². The van der Waals surface area contributed by atoms with Crippen molar-refractivity contribution in [2.24, 2.45) is 0 Å². The Kier molecular flexibility index (Phi) is 6.85. The second-order valence-electron chi connectivity index (χ2n) is 4.08. The molecule has 0 heterocycles. The molecule has 0 saturated heterocycles. The number of ketones is 1. The number of hydrogen-bond acceptors (Lipinski definition) is 3. The van der Waals surface area contributed by atoms with Crippen LogP contribution in [0, 0.1) is 0 Å². The van der Waals surface area contributed by atoms with Crippen LogP contribution in [0.4, 0.5) is 0 Å². The smallest absolute Gasteiger partial charge is 0.545 e. The van der Waals surface area contributed by atoms with Crippen molar-refractivity contribution < 1.29 is 44.3 Å². The molecular weight excluding hydrogens is 299 g/mol. The number of allylic oxidation sites excluding steroid dienone is 1. The predicted molar refractivity (Wildman–Crippen MR) is 75.6 cm³/mol. The first-order valence-corrected chi connectivity index (χ1v) is 6.24. The SMILES string of the molecule is O=C(/C=C/c1ccccc1C(=O)[O-])c1ccc(Cl)cc1.[Na+]. The minimum Gasteiger partial charge on any atom is -0.545 e. The molecule has 0 N–H and O–H groups in total. The quantitative estimate of drug-likeness (QED) is 0.439. The first-order chi connectivity index (χ1) is 9.58. The van der Waals surface area contributed by atoms with Crippen LogP contribution in [-0.2, 0) is 0 Å². The number of rotatable bonds is 4. The number of halogens is 1. The number of hydrogen-bond donors (Lipinski definition) is 0. The van der Waals surface area contributed by atoms with E-state index in [1.807, 2.05) is 0 Å².